The molecule has 0 aliphatic rings. The van der Waals surface area contributed by atoms with Crippen molar-refractivity contribution in [2.75, 3.05) is 6.61 Å². The summed E-state index contributed by atoms with van der Waals surface area (Å²) in [6.07, 6.45) is 1.67. The number of hydrogen-bond acceptors (Lipinski definition) is 3. The molecule has 7 heteroatoms. The maximum absolute atomic E-state index is 11.8. The standard InChI is InChI=1S/C10H13BrN2O4/c1-13-5-6(11)4-8(13)9(15)12-7(2-3-14)10(16)17/h4-5,7,14H,2-3H2,1H3,(H,12,15)(H,16,17). The molecule has 0 saturated heterocycles. The lowest BCUT2D eigenvalue weighted by atomic mass is 10.2. The van der Waals surface area contributed by atoms with E-state index in [0.717, 1.165) is 4.47 Å². The van der Waals surface area contributed by atoms with Gasteiger partial charge in [-0.1, -0.05) is 0 Å². The fourth-order valence-corrected chi connectivity index (χ4v) is 1.89. The molecule has 0 aliphatic carbocycles. The molecule has 3 N–H and O–H groups in total. The highest BCUT2D eigenvalue weighted by molar-refractivity contribution is 9.10. The Morgan fingerprint density at radius 3 is 2.65 bits per heavy atom. The fourth-order valence-electron chi connectivity index (χ4n) is 1.37. The predicted molar refractivity (Wildman–Crippen MR) is 63.7 cm³/mol. The van der Waals surface area contributed by atoms with E-state index in [4.69, 9.17) is 10.2 Å². The largest absolute Gasteiger partial charge is 0.480 e. The fraction of sp³-hybridized carbons (Fsp3) is 0.400. The third-order valence-corrected chi connectivity index (χ3v) is 2.66. The van der Waals surface area contributed by atoms with Crippen LogP contribution in [0, 0.1) is 0 Å². The second-order valence-corrected chi connectivity index (χ2v) is 4.45. The first-order valence-electron chi connectivity index (χ1n) is 4.92. The molecule has 0 saturated carbocycles. The highest BCUT2D eigenvalue weighted by Crippen LogP contribution is 2.13. The molecule has 0 spiro atoms. The summed E-state index contributed by atoms with van der Waals surface area (Å²) in [5.41, 5.74) is 0.348. The SMILES string of the molecule is Cn1cc(Br)cc1C(=O)NC(CCO)C(=O)O. The van der Waals surface area contributed by atoms with E-state index in [0.29, 0.717) is 5.69 Å². The number of amides is 1. The Kier molecular flexibility index (Phi) is 4.71. The van der Waals surface area contributed by atoms with Crippen LogP contribution in [-0.2, 0) is 11.8 Å². The number of carboxylic acids is 1. The van der Waals surface area contributed by atoms with Gasteiger partial charge in [-0.15, -0.1) is 0 Å². The van der Waals surface area contributed by atoms with Crippen LogP contribution in [0.25, 0.3) is 0 Å². The molecule has 1 aromatic rings. The summed E-state index contributed by atoms with van der Waals surface area (Å²) in [5, 5.41) is 19.9. The minimum Gasteiger partial charge on any atom is -0.480 e. The molecule has 94 valence electrons. The lowest BCUT2D eigenvalue weighted by Gasteiger charge is -2.13. The van der Waals surface area contributed by atoms with E-state index in [-0.39, 0.29) is 13.0 Å². The van der Waals surface area contributed by atoms with Gasteiger partial charge in [0.1, 0.15) is 11.7 Å². The topological polar surface area (TPSA) is 91.6 Å². The molecule has 1 amide bonds. The third kappa shape index (κ3) is 3.57. The predicted octanol–water partition coefficient (Wildman–Crippen LogP) is 0.353. The zero-order valence-corrected chi connectivity index (χ0v) is 10.8. The number of nitrogens with one attached hydrogen (secondary N) is 1. The van der Waals surface area contributed by atoms with Crippen LogP contribution >= 0.6 is 15.9 Å². The van der Waals surface area contributed by atoms with Crippen LogP contribution in [0.1, 0.15) is 16.9 Å². The number of aliphatic hydroxyl groups excluding tert-OH is 1. The van der Waals surface area contributed by atoms with E-state index in [1.54, 1.807) is 23.9 Å². The van der Waals surface area contributed by atoms with Crippen LogP contribution in [-0.4, -0.2) is 39.3 Å². The zero-order chi connectivity index (χ0) is 13.0. The van der Waals surface area contributed by atoms with E-state index in [9.17, 15) is 9.59 Å². The third-order valence-electron chi connectivity index (χ3n) is 2.23. The van der Waals surface area contributed by atoms with Crippen LogP contribution in [0.5, 0.6) is 0 Å². The summed E-state index contributed by atoms with van der Waals surface area (Å²) in [6.45, 7) is -0.298. The monoisotopic (exact) mass is 304 g/mol. The van der Waals surface area contributed by atoms with Gasteiger partial charge in [0.2, 0.25) is 0 Å². The number of carbonyl (C=O) groups is 2. The van der Waals surface area contributed by atoms with Crippen molar-refractivity contribution in [1.82, 2.24) is 9.88 Å². The lowest BCUT2D eigenvalue weighted by Crippen LogP contribution is -2.41. The number of hydrogen-bond donors (Lipinski definition) is 3. The normalized spacial score (nSPS) is 12.2. The van der Waals surface area contributed by atoms with Gasteiger partial charge < -0.3 is 20.1 Å². The highest BCUT2D eigenvalue weighted by Gasteiger charge is 2.21. The number of carbonyl (C=O) groups excluding carboxylic acids is 1. The Labute approximate surface area is 106 Å². The van der Waals surface area contributed by atoms with Crippen molar-refractivity contribution in [2.45, 2.75) is 12.5 Å². The molecule has 17 heavy (non-hydrogen) atoms. The van der Waals surface area contributed by atoms with Gasteiger partial charge in [-0.05, 0) is 22.0 Å². The Morgan fingerprint density at radius 1 is 1.59 bits per heavy atom. The van der Waals surface area contributed by atoms with Crippen LogP contribution < -0.4 is 5.32 Å². The molecule has 0 radical (unpaired) electrons. The molecule has 1 atom stereocenters. The Morgan fingerprint density at radius 2 is 2.24 bits per heavy atom. The smallest absolute Gasteiger partial charge is 0.326 e. The maximum atomic E-state index is 11.8. The van der Waals surface area contributed by atoms with E-state index in [1.807, 2.05) is 0 Å². The summed E-state index contributed by atoms with van der Waals surface area (Å²) in [4.78, 5) is 22.6. The van der Waals surface area contributed by atoms with Gasteiger partial charge in [0.25, 0.3) is 5.91 Å². The first-order valence-corrected chi connectivity index (χ1v) is 5.71. The Bertz CT molecular complexity index is 430. The molecule has 1 aromatic heterocycles. The van der Waals surface area contributed by atoms with Crippen molar-refractivity contribution in [3.8, 4) is 0 Å². The second kappa shape index (κ2) is 5.83. The average Bonchev–Trinajstić information content (AvgIpc) is 2.57. The molecule has 0 fully saturated rings. The number of aryl methyl sites for hydroxylation is 1. The van der Waals surface area contributed by atoms with Gasteiger partial charge in [0, 0.05) is 30.7 Å². The van der Waals surface area contributed by atoms with Crippen molar-refractivity contribution in [3.63, 3.8) is 0 Å². The van der Waals surface area contributed by atoms with Crippen molar-refractivity contribution in [2.24, 2.45) is 7.05 Å². The molecular weight excluding hydrogens is 292 g/mol. The number of carboxylic acid groups (broad SMARTS) is 1. The van der Waals surface area contributed by atoms with Gasteiger partial charge >= 0.3 is 5.97 Å². The van der Waals surface area contributed by atoms with Crippen molar-refractivity contribution in [3.05, 3.63) is 22.4 Å². The lowest BCUT2D eigenvalue weighted by molar-refractivity contribution is -0.139. The highest BCUT2D eigenvalue weighted by atomic mass is 79.9. The molecule has 1 rings (SSSR count). The zero-order valence-electron chi connectivity index (χ0n) is 9.18. The van der Waals surface area contributed by atoms with E-state index in [1.165, 1.54) is 0 Å². The number of halogens is 1. The average molecular weight is 305 g/mol. The number of aliphatic carboxylic acids is 1. The van der Waals surface area contributed by atoms with Crippen LogP contribution in [0.3, 0.4) is 0 Å². The Balaban J connectivity index is 2.77. The van der Waals surface area contributed by atoms with Gasteiger partial charge in [-0.3, -0.25) is 4.79 Å². The van der Waals surface area contributed by atoms with Gasteiger partial charge in [0.15, 0.2) is 0 Å². The first kappa shape index (κ1) is 13.7. The summed E-state index contributed by atoms with van der Waals surface area (Å²) in [5.74, 6) is -1.65. The van der Waals surface area contributed by atoms with Gasteiger partial charge in [0.05, 0.1) is 0 Å². The summed E-state index contributed by atoms with van der Waals surface area (Å²) in [6, 6.07) is 0.508. The van der Waals surface area contributed by atoms with Crippen LogP contribution in [0.4, 0.5) is 0 Å². The van der Waals surface area contributed by atoms with Crippen molar-refractivity contribution in [1.29, 1.82) is 0 Å². The minimum absolute atomic E-state index is 0.0212. The van der Waals surface area contributed by atoms with E-state index in [2.05, 4.69) is 21.2 Å². The minimum atomic E-state index is -1.17. The molecule has 0 aliphatic heterocycles. The van der Waals surface area contributed by atoms with Crippen molar-refractivity contribution < 1.29 is 19.8 Å². The number of nitrogens with zero attached hydrogens (tertiary/aromatic N) is 1. The van der Waals surface area contributed by atoms with Crippen LogP contribution in [0.15, 0.2) is 16.7 Å². The summed E-state index contributed by atoms with van der Waals surface area (Å²) in [7, 11) is 1.68. The van der Waals surface area contributed by atoms with Crippen LogP contribution in [0.2, 0.25) is 0 Å². The molecule has 6 nitrogen and oxygen atoms in total. The first-order chi connectivity index (χ1) is 7.95. The quantitative estimate of drug-likeness (QED) is 0.732. The summed E-state index contributed by atoms with van der Waals surface area (Å²) >= 11 is 3.22. The van der Waals surface area contributed by atoms with Gasteiger partial charge in [-0.2, -0.15) is 0 Å². The van der Waals surface area contributed by atoms with Gasteiger partial charge in [-0.25, -0.2) is 4.79 Å². The molecular formula is C10H13BrN2O4. The molecule has 0 bridgehead atoms. The second-order valence-electron chi connectivity index (χ2n) is 3.53. The molecule has 1 heterocycles. The number of aliphatic hydroxyl groups is 1. The van der Waals surface area contributed by atoms with Crippen molar-refractivity contribution >= 4 is 27.8 Å². The number of rotatable bonds is 5. The van der Waals surface area contributed by atoms with E-state index >= 15 is 0 Å². The Hall–Kier alpha value is -1.34. The molecule has 0 aromatic carbocycles. The van der Waals surface area contributed by atoms with E-state index < -0.39 is 17.9 Å². The summed E-state index contributed by atoms with van der Waals surface area (Å²) < 4.78 is 2.32. The molecule has 1 unspecified atom stereocenters. The number of aromatic nitrogens is 1. The maximum Gasteiger partial charge on any atom is 0.326 e.